The molecule has 0 aliphatic heterocycles. The van der Waals surface area contributed by atoms with Crippen molar-refractivity contribution in [3.63, 3.8) is 0 Å². The van der Waals surface area contributed by atoms with Gasteiger partial charge in [-0.1, -0.05) is 26.7 Å². The lowest BCUT2D eigenvalue weighted by atomic mass is 9.73. The number of aliphatic hydroxyl groups excluding tert-OH is 1. The Bertz CT molecular complexity index is 364. The Labute approximate surface area is 110 Å². The maximum Gasteiger partial charge on any atom is 0.0915 e. The van der Waals surface area contributed by atoms with Crippen molar-refractivity contribution in [1.82, 2.24) is 10.3 Å². The fraction of sp³-hybridized carbons (Fsp3) is 0.667. The standard InChI is InChI=1S/C15H24N2O/c1-15(2)8-4-3-5-14(15)17-11-13(18)12-6-9-16-10-7-12/h6-7,9-10,13-14,17-18H,3-5,8,11H2,1-2H3. The van der Waals surface area contributed by atoms with Crippen molar-refractivity contribution >= 4 is 0 Å². The molecule has 3 nitrogen and oxygen atoms in total. The van der Waals surface area contributed by atoms with Crippen molar-refractivity contribution in [2.45, 2.75) is 51.7 Å². The van der Waals surface area contributed by atoms with E-state index in [9.17, 15) is 5.11 Å². The summed E-state index contributed by atoms with van der Waals surface area (Å²) < 4.78 is 0. The van der Waals surface area contributed by atoms with E-state index in [2.05, 4.69) is 24.1 Å². The molecule has 18 heavy (non-hydrogen) atoms. The van der Waals surface area contributed by atoms with E-state index >= 15 is 0 Å². The van der Waals surface area contributed by atoms with Gasteiger partial charge in [0.15, 0.2) is 0 Å². The van der Waals surface area contributed by atoms with E-state index in [1.54, 1.807) is 12.4 Å². The predicted octanol–water partition coefficient (Wildman–Crippen LogP) is 2.67. The summed E-state index contributed by atoms with van der Waals surface area (Å²) in [5, 5.41) is 13.7. The van der Waals surface area contributed by atoms with E-state index in [1.165, 1.54) is 25.7 Å². The van der Waals surface area contributed by atoms with Crippen LogP contribution in [0.1, 0.15) is 51.2 Å². The molecule has 100 valence electrons. The van der Waals surface area contributed by atoms with Crippen LogP contribution in [0.25, 0.3) is 0 Å². The molecule has 1 aliphatic rings. The quantitative estimate of drug-likeness (QED) is 0.861. The van der Waals surface area contributed by atoms with Gasteiger partial charge in [0, 0.05) is 25.0 Å². The van der Waals surface area contributed by atoms with E-state index in [-0.39, 0.29) is 0 Å². The minimum absolute atomic E-state index is 0.343. The molecule has 1 saturated carbocycles. The lowest BCUT2D eigenvalue weighted by molar-refractivity contribution is 0.127. The highest BCUT2D eigenvalue weighted by Crippen LogP contribution is 2.35. The second kappa shape index (κ2) is 5.81. The SMILES string of the molecule is CC1(C)CCCCC1NCC(O)c1ccncc1. The van der Waals surface area contributed by atoms with Crippen LogP contribution in [0, 0.1) is 5.41 Å². The summed E-state index contributed by atoms with van der Waals surface area (Å²) in [7, 11) is 0. The predicted molar refractivity (Wildman–Crippen MR) is 73.2 cm³/mol. The number of hydrogen-bond acceptors (Lipinski definition) is 3. The minimum atomic E-state index is -0.439. The molecule has 1 aromatic rings. The van der Waals surface area contributed by atoms with E-state index in [0.29, 0.717) is 18.0 Å². The van der Waals surface area contributed by atoms with E-state index in [0.717, 1.165) is 5.56 Å². The van der Waals surface area contributed by atoms with Gasteiger partial charge in [-0.2, -0.15) is 0 Å². The third-order valence-corrected chi connectivity index (χ3v) is 4.16. The Balaban J connectivity index is 1.87. The smallest absolute Gasteiger partial charge is 0.0915 e. The van der Waals surface area contributed by atoms with Crippen LogP contribution in [0.2, 0.25) is 0 Å². The van der Waals surface area contributed by atoms with Crippen molar-refractivity contribution in [2.24, 2.45) is 5.41 Å². The number of aromatic nitrogens is 1. The Kier molecular flexibility index (Phi) is 4.36. The topological polar surface area (TPSA) is 45.1 Å². The zero-order valence-corrected chi connectivity index (χ0v) is 11.4. The second-order valence-corrected chi connectivity index (χ2v) is 5.99. The Morgan fingerprint density at radius 3 is 2.78 bits per heavy atom. The molecule has 2 N–H and O–H groups in total. The molecule has 2 atom stereocenters. The van der Waals surface area contributed by atoms with Gasteiger partial charge in [0.05, 0.1) is 6.10 Å². The fourth-order valence-corrected chi connectivity index (χ4v) is 2.83. The lowest BCUT2D eigenvalue weighted by Crippen LogP contribution is -2.45. The van der Waals surface area contributed by atoms with Crippen molar-refractivity contribution in [2.75, 3.05) is 6.54 Å². The number of nitrogens with zero attached hydrogens (tertiary/aromatic N) is 1. The average molecular weight is 248 g/mol. The third-order valence-electron chi connectivity index (χ3n) is 4.16. The van der Waals surface area contributed by atoms with Crippen LogP contribution in [-0.2, 0) is 0 Å². The molecule has 0 radical (unpaired) electrons. The average Bonchev–Trinajstić information content (AvgIpc) is 2.38. The first kappa shape index (κ1) is 13.5. The molecule has 1 aliphatic carbocycles. The summed E-state index contributed by atoms with van der Waals surface area (Å²) >= 11 is 0. The number of pyridine rings is 1. The van der Waals surface area contributed by atoms with Crippen LogP contribution < -0.4 is 5.32 Å². The third kappa shape index (κ3) is 3.30. The van der Waals surface area contributed by atoms with Crippen LogP contribution in [-0.4, -0.2) is 22.7 Å². The normalized spacial score (nSPS) is 24.7. The van der Waals surface area contributed by atoms with Gasteiger partial charge in [-0.15, -0.1) is 0 Å². The highest BCUT2D eigenvalue weighted by atomic mass is 16.3. The van der Waals surface area contributed by atoms with Crippen molar-refractivity contribution in [3.05, 3.63) is 30.1 Å². The molecule has 0 saturated heterocycles. The highest BCUT2D eigenvalue weighted by molar-refractivity contribution is 5.13. The first-order valence-electron chi connectivity index (χ1n) is 6.91. The number of nitrogens with one attached hydrogen (secondary N) is 1. The van der Waals surface area contributed by atoms with Crippen molar-refractivity contribution < 1.29 is 5.11 Å². The zero-order chi connectivity index (χ0) is 13.0. The molecule has 2 unspecified atom stereocenters. The van der Waals surface area contributed by atoms with Gasteiger partial charge in [-0.3, -0.25) is 4.98 Å². The zero-order valence-electron chi connectivity index (χ0n) is 11.4. The summed E-state index contributed by atoms with van der Waals surface area (Å²) in [5.74, 6) is 0. The summed E-state index contributed by atoms with van der Waals surface area (Å²) in [6, 6.07) is 4.26. The first-order chi connectivity index (χ1) is 8.59. The number of hydrogen-bond donors (Lipinski definition) is 2. The van der Waals surface area contributed by atoms with Gasteiger partial charge in [0.25, 0.3) is 0 Å². The molecule has 0 spiro atoms. The Morgan fingerprint density at radius 1 is 1.39 bits per heavy atom. The molecule has 0 aromatic carbocycles. The van der Waals surface area contributed by atoms with Gasteiger partial charge in [-0.05, 0) is 36.0 Å². The molecule has 3 heteroatoms. The maximum atomic E-state index is 10.1. The van der Waals surface area contributed by atoms with Crippen molar-refractivity contribution in [3.8, 4) is 0 Å². The van der Waals surface area contributed by atoms with Gasteiger partial charge >= 0.3 is 0 Å². The largest absolute Gasteiger partial charge is 0.387 e. The van der Waals surface area contributed by atoms with Crippen LogP contribution in [0.4, 0.5) is 0 Å². The van der Waals surface area contributed by atoms with Gasteiger partial charge in [0.1, 0.15) is 0 Å². The van der Waals surface area contributed by atoms with Crippen molar-refractivity contribution in [1.29, 1.82) is 0 Å². The van der Waals surface area contributed by atoms with Crippen LogP contribution in [0.3, 0.4) is 0 Å². The molecule has 2 rings (SSSR count). The first-order valence-corrected chi connectivity index (χ1v) is 6.91. The maximum absolute atomic E-state index is 10.1. The fourth-order valence-electron chi connectivity index (χ4n) is 2.83. The van der Waals surface area contributed by atoms with Crippen LogP contribution in [0.5, 0.6) is 0 Å². The van der Waals surface area contributed by atoms with E-state index in [1.807, 2.05) is 12.1 Å². The second-order valence-electron chi connectivity index (χ2n) is 5.99. The van der Waals surface area contributed by atoms with Crippen LogP contribution in [0.15, 0.2) is 24.5 Å². The van der Waals surface area contributed by atoms with E-state index < -0.39 is 6.10 Å². The summed E-state index contributed by atoms with van der Waals surface area (Å²) in [4.78, 5) is 3.97. The lowest BCUT2D eigenvalue weighted by Gasteiger charge is -2.39. The summed E-state index contributed by atoms with van der Waals surface area (Å²) in [5.41, 5.74) is 1.28. The summed E-state index contributed by atoms with van der Waals surface area (Å²) in [6.07, 6.45) is 8.13. The molecule has 0 bridgehead atoms. The molecule has 0 amide bonds. The van der Waals surface area contributed by atoms with Crippen LogP contribution >= 0.6 is 0 Å². The molecule has 1 heterocycles. The Hall–Kier alpha value is -0.930. The number of rotatable bonds is 4. The molecule has 1 aromatic heterocycles. The Morgan fingerprint density at radius 2 is 2.11 bits per heavy atom. The minimum Gasteiger partial charge on any atom is -0.387 e. The molecular weight excluding hydrogens is 224 g/mol. The monoisotopic (exact) mass is 248 g/mol. The highest BCUT2D eigenvalue weighted by Gasteiger charge is 2.31. The number of aliphatic hydroxyl groups is 1. The molecule has 1 fully saturated rings. The van der Waals surface area contributed by atoms with Gasteiger partial charge < -0.3 is 10.4 Å². The van der Waals surface area contributed by atoms with Gasteiger partial charge in [-0.25, -0.2) is 0 Å². The summed E-state index contributed by atoms with van der Waals surface area (Å²) in [6.45, 7) is 5.27. The van der Waals surface area contributed by atoms with E-state index in [4.69, 9.17) is 0 Å². The molecular formula is C15H24N2O. The van der Waals surface area contributed by atoms with Gasteiger partial charge in [0.2, 0.25) is 0 Å².